The molecule has 0 heterocycles. The molecule has 0 bridgehead atoms. The molecular formula is C13H24. The number of fused-ring (bicyclic) bond motifs is 1. The van der Waals surface area contributed by atoms with Gasteiger partial charge in [-0.05, 0) is 36.0 Å². The lowest BCUT2D eigenvalue weighted by Gasteiger charge is -2.42. The highest BCUT2D eigenvalue weighted by Gasteiger charge is 2.41. The van der Waals surface area contributed by atoms with Crippen LogP contribution in [0.1, 0.15) is 59.3 Å². The second kappa shape index (κ2) is 3.29. The number of rotatable bonds is 0. The predicted molar refractivity (Wildman–Crippen MR) is 57.6 cm³/mol. The molecule has 2 aliphatic rings. The number of hydrogen-bond donors (Lipinski definition) is 0. The molecule has 13 heavy (non-hydrogen) atoms. The van der Waals surface area contributed by atoms with Crippen molar-refractivity contribution in [1.82, 2.24) is 0 Å². The van der Waals surface area contributed by atoms with E-state index in [-0.39, 0.29) is 0 Å². The first-order valence-corrected chi connectivity index (χ1v) is 6.09. The zero-order valence-electron chi connectivity index (χ0n) is 9.47. The SMILES string of the molecule is CC(C)(C)C1CCCC2CCCC21. The van der Waals surface area contributed by atoms with E-state index >= 15 is 0 Å². The van der Waals surface area contributed by atoms with Crippen molar-refractivity contribution in [1.29, 1.82) is 0 Å². The largest absolute Gasteiger partial charge is 0.0599 e. The lowest BCUT2D eigenvalue weighted by molar-refractivity contribution is 0.0792. The molecule has 2 aliphatic carbocycles. The fourth-order valence-corrected chi connectivity index (χ4v) is 3.84. The minimum absolute atomic E-state index is 0.563. The first-order chi connectivity index (χ1) is 6.09. The Labute approximate surface area is 83.1 Å². The highest BCUT2D eigenvalue weighted by Crippen LogP contribution is 2.51. The van der Waals surface area contributed by atoms with Gasteiger partial charge in [-0.1, -0.05) is 46.5 Å². The van der Waals surface area contributed by atoms with Crippen LogP contribution in [0.25, 0.3) is 0 Å². The zero-order chi connectivity index (χ0) is 9.47. The average molecular weight is 180 g/mol. The first kappa shape index (κ1) is 9.55. The molecular weight excluding hydrogens is 156 g/mol. The summed E-state index contributed by atoms with van der Waals surface area (Å²) >= 11 is 0. The van der Waals surface area contributed by atoms with Crippen LogP contribution in [0.3, 0.4) is 0 Å². The summed E-state index contributed by atoms with van der Waals surface area (Å²) in [7, 11) is 0. The lowest BCUT2D eigenvalue weighted by atomic mass is 9.63. The van der Waals surface area contributed by atoms with Gasteiger partial charge in [0.05, 0.1) is 0 Å². The smallest absolute Gasteiger partial charge is 0.0334 e. The molecule has 76 valence electrons. The molecule has 3 unspecified atom stereocenters. The molecule has 0 amide bonds. The fourth-order valence-electron chi connectivity index (χ4n) is 3.84. The van der Waals surface area contributed by atoms with Crippen LogP contribution in [-0.2, 0) is 0 Å². The minimum atomic E-state index is 0.563. The van der Waals surface area contributed by atoms with Gasteiger partial charge >= 0.3 is 0 Å². The van der Waals surface area contributed by atoms with Crippen LogP contribution in [0.15, 0.2) is 0 Å². The highest BCUT2D eigenvalue weighted by molar-refractivity contribution is 4.91. The monoisotopic (exact) mass is 180 g/mol. The van der Waals surface area contributed by atoms with Crippen LogP contribution in [0.2, 0.25) is 0 Å². The molecule has 0 radical (unpaired) electrons. The van der Waals surface area contributed by atoms with E-state index in [1.54, 1.807) is 0 Å². The van der Waals surface area contributed by atoms with Gasteiger partial charge in [-0.25, -0.2) is 0 Å². The van der Waals surface area contributed by atoms with Gasteiger partial charge in [-0.15, -0.1) is 0 Å². The van der Waals surface area contributed by atoms with Gasteiger partial charge in [-0.3, -0.25) is 0 Å². The standard InChI is InChI=1S/C13H24/c1-13(2,3)12-9-5-7-10-6-4-8-11(10)12/h10-12H,4-9H2,1-3H3. The van der Waals surface area contributed by atoms with E-state index in [0.717, 1.165) is 17.8 Å². The third-order valence-electron chi connectivity index (χ3n) is 4.44. The van der Waals surface area contributed by atoms with Gasteiger partial charge in [0.25, 0.3) is 0 Å². The summed E-state index contributed by atoms with van der Waals surface area (Å²) in [4.78, 5) is 0. The van der Waals surface area contributed by atoms with Gasteiger partial charge in [0, 0.05) is 0 Å². The second-order valence-electron chi connectivity index (χ2n) is 6.26. The molecule has 0 aromatic carbocycles. The third-order valence-corrected chi connectivity index (χ3v) is 4.44. The van der Waals surface area contributed by atoms with E-state index in [2.05, 4.69) is 20.8 Å². The Hall–Kier alpha value is 0. The number of hydrogen-bond acceptors (Lipinski definition) is 0. The van der Waals surface area contributed by atoms with Crippen molar-refractivity contribution < 1.29 is 0 Å². The maximum atomic E-state index is 2.44. The van der Waals surface area contributed by atoms with Crippen molar-refractivity contribution in [3.8, 4) is 0 Å². The van der Waals surface area contributed by atoms with E-state index in [0.29, 0.717) is 5.41 Å². The molecule has 0 heteroatoms. The molecule has 0 aliphatic heterocycles. The predicted octanol–water partition coefficient (Wildman–Crippen LogP) is 4.25. The molecule has 2 rings (SSSR count). The van der Waals surface area contributed by atoms with Crippen LogP contribution in [0.5, 0.6) is 0 Å². The van der Waals surface area contributed by atoms with Crippen molar-refractivity contribution in [2.45, 2.75) is 59.3 Å². The Bertz CT molecular complexity index is 175. The molecule has 0 saturated heterocycles. The summed E-state index contributed by atoms with van der Waals surface area (Å²) in [5.41, 5.74) is 0.563. The molecule has 0 aromatic heterocycles. The van der Waals surface area contributed by atoms with E-state index in [9.17, 15) is 0 Å². The molecule has 0 nitrogen and oxygen atoms in total. The molecule has 0 aromatic rings. The molecule has 0 spiro atoms. The Morgan fingerprint density at radius 3 is 2.08 bits per heavy atom. The van der Waals surface area contributed by atoms with Crippen molar-refractivity contribution in [2.75, 3.05) is 0 Å². The Morgan fingerprint density at radius 1 is 0.846 bits per heavy atom. The van der Waals surface area contributed by atoms with Crippen molar-refractivity contribution in [3.63, 3.8) is 0 Å². The van der Waals surface area contributed by atoms with Gasteiger partial charge in [0.1, 0.15) is 0 Å². The summed E-state index contributed by atoms with van der Waals surface area (Å²) in [6.45, 7) is 7.33. The molecule has 2 fully saturated rings. The van der Waals surface area contributed by atoms with Gasteiger partial charge in [0.2, 0.25) is 0 Å². The fraction of sp³-hybridized carbons (Fsp3) is 1.00. The Morgan fingerprint density at radius 2 is 1.46 bits per heavy atom. The lowest BCUT2D eigenvalue weighted by Crippen LogP contribution is -2.33. The van der Waals surface area contributed by atoms with E-state index < -0.39 is 0 Å². The Balaban J connectivity index is 2.10. The summed E-state index contributed by atoms with van der Waals surface area (Å²) in [6, 6.07) is 0. The van der Waals surface area contributed by atoms with E-state index in [1.807, 2.05) is 0 Å². The summed E-state index contributed by atoms with van der Waals surface area (Å²) in [5, 5.41) is 0. The molecule has 3 atom stereocenters. The van der Waals surface area contributed by atoms with Crippen LogP contribution in [-0.4, -0.2) is 0 Å². The van der Waals surface area contributed by atoms with Crippen molar-refractivity contribution >= 4 is 0 Å². The van der Waals surface area contributed by atoms with Gasteiger partial charge < -0.3 is 0 Å². The van der Waals surface area contributed by atoms with Crippen molar-refractivity contribution in [2.24, 2.45) is 23.2 Å². The topological polar surface area (TPSA) is 0 Å². The van der Waals surface area contributed by atoms with Gasteiger partial charge in [-0.2, -0.15) is 0 Å². The Kier molecular flexibility index (Phi) is 2.42. The summed E-state index contributed by atoms with van der Waals surface area (Å²) in [6.07, 6.45) is 9.14. The maximum absolute atomic E-state index is 2.44. The van der Waals surface area contributed by atoms with E-state index in [4.69, 9.17) is 0 Å². The quantitative estimate of drug-likeness (QED) is 0.523. The maximum Gasteiger partial charge on any atom is -0.0334 e. The first-order valence-electron chi connectivity index (χ1n) is 6.09. The third kappa shape index (κ3) is 1.78. The normalized spacial score (nSPS) is 40.4. The van der Waals surface area contributed by atoms with E-state index in [1.165, 1.54) is 38.5 Å². The molecule has 2 saturated carbocycles. The van der Waals surface area contributed by atoms with Crippen LogP contribution in [0.4, 0.5) is 0 Å². The summed E-state index contributed by atoms with van der Waals surface area (Å²) < 4.78 is 0. The van der Waals surface area contributed by atoms with Crippen LogP contribution in [0, 0.1) is 23.2 Å². The molecule has 0 N–H and O–H groups in total. The second-order valence-corrected chi connectivity index (χ2v) is 6.26. The minimum Gasteiger partial charge on any atom is -0.0599 e. The van der Waals surface area contributed by atoms with Crippen LogP contribution < -0.4 is 0 Å². The highest BCUT2D eigenvalue weighted by atomic mass is 14.5. The average Bonchev–Trinajstić information content (AvgIpc) is 2.48. The van der Waals surface area contributed by atoms with Crippen LogP contribution >= 0.6 is 0 Å². The van der Waals surface area contributed by atoms with Gasteiger partial charge in [0.15, 0.2) is 0 Å². The summed E-state index contributed by atoms with van der Waals surface area (Å²) in [5.74, 6) is 3.22. The zero-order valence-corrected chi connectivity index (χ0v) is 9.47. The van der Waals surface area contributed by atoms with Crippen molar-refractivity contribution in [3.05, 3.63) is 0 Å².